The van der Waals surface area contributed by atoms with Crippen LogP contribution < -0.4 is 0 Å². The number of amides is 2. The highest BCUT2D eigenvalue weighted by Crippen LogP contribution is 2.18. The highest BCUT2D eigenvalue weighted by molar-refractivity contribution is 5.94. The van der Waals surface area contributed by atoms with E-state index in [4.69, 9.17) is 10.00 Å². The Morgan fingerprint density at radius 2 is 2.09 bits per heavy atom. The fourth-order valence-corrected chi connectivity index (χ4v) is 2.51. The van der Waals surface area contributed by atoms with E-state index in [1.54, 1.807) is 32.2 Å². The van der Waals surface area contributed by atoms with Crippen molar-refractivity contribution in [1.29, 1.82) is 5.26 Å². The van der Waals surface area contributed by atoms with Gasteiger partial charge in [0.2, 0.25) is 11.8 Å². The fraction of sp³-hybridized carbons (Fsp3) is 0.438. The molecule has 0 saturated carbocycles. The zero-order valence-electron chi connectivity index (χ0n) is 12.8. The minimum absolute atomic E-state index is 0.0568. The number of nitrogens with zero attached hydrogens (tertiary/aromatic N) is 3. The van der Waals surface area contributed by atoms with Crippen molar-refractivity contribution in [3.05, 3.63) is 35.4 Å². The summed E-state index contributed by atoms with van der Waals surface area (Å²) in [6.45, 7) is 2.86. The van der Waals surface area contributed by atoms with Crippen molar-refractivity contribution in [3.63, 3.8) is 0 Å². The van der Waals surface area contributed by atoms with Gasteiger partial charge in [-0.2, -0.15) is 5.26 Å². The number of ether oxygens (including phenoxy) is 1. The molecule has 1 saturated heterocycles. The van der Waals surface area contributed by atoms with Crippen molar-refractivity contribution in [3.8, 4) is 6.07 Å². The third-order valence-electron chi connectivity index (χ3n) is 3.83. The van der Waals surface area contributed by atoms with E-state index >= 15 is 0 Å². The van der Waals surface area contributed by atoms with Gasteiger partial charge in [-0.3, -0.25) is 9.59 Å². The maximum atomic E-state index is 12.3. The van der Waals surface area contributed by atoms with Gasteiger partial charge in [0.05, 0.1) is 24.8 Å². The van der Waals surface area contributed by atoms with Gasteiger partial charge in [0.15, 0.2) is 0 Å². The zero-order chi connectivity index (χ0) is 16.1. The maximum absolute atomic E-state index is 12.3. The Labute approximate surface area is 129 Å². The van der Waals surface area contributed by atoms with Crippen molar-refractivity contribution in [2.24, 2.45) is 0 Å². The Morgan fingerprint density at radius 1 is 1.36 bits per heavy atom. The number of rotatable bonds is 5. The lowest BCUT2D eigenvalue weighted by atomic mass is 10.1. The van der Waals surface area contributed by atoms with Crippen LogP contribution in [0.15, 0.2) is 24.3 Å². The van der Waals surface area contributed by atoms with E-state index in [1.165, 1.54) is 9.80 Å². The normalized spacial score (nSPS) is 18.5. The van der Waals surface area contributed by atoms with Gasteiger partial charge in [-0.15, -0.1) is 0 Å². The number of carbonyl (C=O) groups is 2. The summed E-state index contributed by atoms with van der Waals surface area (Å²) < 4.78 is 4.96. The average Bonchev–Trinajstić information content (AvgIpc) is 2.54. The van der Waals surface area contributed by atoms with Crippen LogP contribution in [-0.4, -0.2) is 54.5 Å². The highest BCUT2D eigenvalue weighted by atomic mass is 16.5. The molecular weight excluding hydrogens is 282 g/mol. The van der Waals surface area contributed by atoms with Crippen molar-refractivity contribution in [2.75, 3.05) is 26.8 Å². The molecule has 6 nitrogen and oxygen atoms in total. The summed E-state index contributed by atoms with van der Waals surface area (Å²) in [5, 5.41) is 9.13. The van der Waals surface area contributed by atoms with Gasteiger partial charge in [0.25, 0.3) is 0 Å². The molecule has 1 heterocycles. The number of carbonyl (C=O) groups excluding carboxylic acids is 2. The minimum atomic E-state index is -0.537. The van der Waals surface area contributed by atoms with Crippen LogP contribution in [0.25, 0.3) is 0 Å². The molecule has 1 aromatic rings. The molecule has 1 aliphatic heterocycles. The largest absolute Gasteiger partial charge is 0.383 e. The molecule has 1 aliphatic rings. The highest BCUT2D eigenvalue weighted by Gasteiger charge is 2.36. The number of nitriles is 1. The standard InChI is InChI=1S/C16H19N3O3/c1-12-16(21)18(7-8-22-2)11-15(20)19(12)10-14-6-4-3-5-13(14)9-17/h3-6,12H,7-8,10-11H2,1-2H3/t12-/m0/s1. The first kappa shape index (κ1) is 16.0. The summed E-state index contributed by atoms with van der Waals surface area (Å²) in [5.74, 6) is -0.206. The van der Waals surface area contributed by atoms with E-state index < -0.39 is 6.04 Å². The molecule has 6 heteroatoms. The second kappa shape index (κ2) is 7.05. The molecule has 0 unspecified atom stereocenters. The van der Waals surface area contributed by atoms with Crippen LogP contribution in [0.3, 0.4) is 0 Å². The third kappa shape index (κ3) is 3.26. The Kier molecular flexibility index (Phi) is 5.12. The minimum Gasteiger partial charge on any atom is -0.383 e. The molecule has 1 fully saturated rings. The van der Waals surface area contributed by atoms with E-state index in [9.17, 15) is 9.59 Å². The topological polar surface area (TPSA) is 73.6 Å². The second-order valence-electron chi connectivity index (χ2n) is 5.22. The van der Waals surface area contributed by atoms with Crippen molar-refractivity contribution in [1.82, 2.24) is 9.80 Å². The van der Waals surface area contributed by atoms with Gasteiger partial charge in [0.1, 0.15) is 6.04 Å². The molecule has 0 radical (unpaired) electrons. The Morgan fingerprint density at radius 3 is 2.77 bits per heavy atom. The average molecular weight is 301 g/mol. The lowest BCUT2D eigenvalue weighted by Crippen LogP contribution is -2.58. The summed E-state index contributed by atoms with van der Waals surface area (Å²) in [5.41, 5.74) is 1.28. The first-order valence-electron chi connectivity index (χ1n) is 7.13. The quantitative estimate of drug-likeness (QED) is 0.805. The van der Waals surface area contributed by atoms with Crippen molar-refractivity contribution in [2.45, 2.75) is 19.5 Å². The molecule has 1 aromatic carbocycles. The Balaban J connectivity index is 2.14. The van der Waals surface area contributed by atoms with E-state index in [0.717, 1.165) is 5.56 Å². The molecule has 0 spiro atoms. The molecule has 116 valence electrons. The van der Waals surface area contributed by atoms with E-state index in [0.29, 0.717) is 18.7 Å². The third-order valence-corrected chi connectivity index (χ3v) is 3.83. The summed E-state index contributed by atoms with van der Waals surface area (Å²) in [6.07, 6.45) is 0. The molecule has 2 amide bonds. The van der Waals surface area contributed by atoms with Gasteiger partial charge in [-0.1, -0.05) is 18.2 Å². The van der Waals surface area contributed by atoms with Crippen LogP contribution in [0.5, 0.6) is 0 Å². The number of benzene rings is 1. The van der Waals surface area contributed by atoms with Crippen LogP contribution in [0.2, 0.25) is 0 Å². The summed E-state index contributed by atoms with van der Waals surface area (Å²) in [4.78, 5) is 27.7. The monoisotopic (exact) mass is 301 g/mol. The van der Waals surface area contributed by atoms with Gasteiger partial charge in [-0.25, -0.2) is 0 Å². The zero-order valence-corrected chi connectivity index (χ0v) is 12.8. The second-order valence-corrected chi connectivity index (χ2v) is 5.22. The van der Waals surface area contributed by atoms with Crippen LogP contribution >= 0.6 is 0 Å². The number of hydrogen-bond acceptors (Lipinski definition) is 4. The first-order chi connectivity index (χ1) is 10.6. The van der Waals surface area contributed by atoms with Crippen molar-refractivity contribution < 1.29 is 14.3 Å². The molecule has 2 rings (SSSR count). The molecule has 0 N–H and O–H groups in total. The smallest absolute Gasteiger partial charge is 0.245 e. The van der Waals surface area contributed by atoms with Gasteiger partial charge < -0.3 is 14.5 Å². The predicted molar refractivity (Wildman–Crippen MR) is 79.6 cm³/mol. The Bertz CT molecular complexity index is 609. The molecular formula is C16H19N3O3. The van der Waals surface area contributed by atoms with Gasteiger partial charge in [-0.05, 0) is 18.6 Å². The van der Waals surface area contributed by atoms with Crippen molar-refractivity contribution >= 4 is 11.8 Å². The van der Waals surface area contributed by atoms with E-state index in [-0.39, 0.29) is 24.9 Å². The van der Waals surface area contributed by atoms with E-state index in [1.807, 2.05) is 6.07 Å². The number of hydrogen-bond donors (Lipinski definition) is 0. The van der Waals surface area contributed by atoms with Crippen LogP contribution in [0.1, 0.15) is 18.1 Å². The predicted octanol–water partition coefficient (Wildman–Crippen LogP) is 0.764. The van der Waals surface area contributed by atoms with E-state index in [2.05, 4.69) is 6.07 Å². The first-order valence-corrected chi connectivity index (χ1v) is 7.13. The van der Waals surface area contributed by atoms with Crippen LogP contribution in [0.4, 0.5) is 0 Å². The summed E-state index contributed by atoms with van der Waals surface area (Å²) in [7, 11) is 1.56. The Hall–Kier alpha value is -2.39. The SMILES string of the molecule is COCCN1CC(=O)N(Cc2ccccc2C#N)[C@@H](C)C1=O. The number of piperazine rings is 1. The lowest BCUT2D eigenvalue weighted by Gasteiger charge is -2.38. The molecule has 1 atom stereocenters. The fourth-order valence-electron chi connectivity index (χ4n) is 2.51. The van der Waals surface area contributed by atoms with Gasteiger partial charge >= 0.3 is 0 Å². The van der Waals surface area contributed by atoms with Crippen LogP contribution in [-0.2, 0) is 20.9 Å². The van der Waals surface area contributed by atoms with Crippen LogP contribution in [0, 0.1) is 11.3 Å². The molecule has 22 heavy (non-hydrogen) atoms. The van der Waals surface area contributed by atoms with Gasteiger partial charge in [0, 0.05) is 20.2 Å². The number of methoxy groups -OCH3 is 1. The molecule has 0 bridgehead atoms. The maximum Gasteiger partial charge on any atom is 0.245 e. The lowest BCUT2D eigenvalue weighted by molar-refractivity contribution is -0.156. The summed E-state index contributed by atoms with van der Waals surface area (Å²) in [6, 6.07) is 8.69. The molecule has 0 aliphatic carbocycles. The molecule has 0 aromatic heterocycles. The summed E-state index contributed by atoms with van der Waals surface area (Å²) >= 11 is 0.